The molecular weight excluding hydrogens is 234 g/mol. The van der Waals surface area contributed by atoms with E-state index in [1.807, 2.05) is 0 Å². The zero-order valence-corrected chi connectivity index (χ0v) is 10.6. The first kappa shape index (κ1) is 14.5. The number of alkyl carbamates (subject to hydrolysis) is 1. The molecule has 0 aliphatic heterocycles. The number of ether oxygens (including phenoxy) is 1. The largest absolute Gasteiger partial charge is 0.481 e. The van der Waals surface area contributed by atoms with Crippen LogP contribution in [-0.4, -0.2) is 29.8 Å². The molecule has 0 aromatic carbocycles. The molecule has 0 spiro atoms. The highest BCUT2D eigenvalue weighted by Gasteiger charge is 2.27. The molecule has 1 aliphatic carbocycles. The number of carbonyl (C=O) groups excluding carboxylic acids is 1. The lowest BCUT2D eigenvalue weighted by Gasteiger charge is -2.29. The van der Waals surface area contributed by atoms with E-state index in [2.05, 4.69) is 11.9 Å². The first-order chi connectivity index (χ1) is 8.63. The molecule has 1 rings (SSSR count). The van der Waals surface area contributed by atoms with Crippen LogP contribution in [0.4, 0.5) is 4.79 Å². The van der Waals surface area contributed by atoms with E-state index in [9.17, 15) is 9.59 Å². The van der Waals surface area contributed by atoms with Crippen molar-refractivity contribution in [1.29, 1.82) is 0 Å². The molecule has 2 N–H and O–H groups in total. The van der Waals surface area contributed by atoms with Gasteiger partial charge in [-0.25, -0.2) is 4.79 Å². The van der Waals surface area contributed by atoms with Gasteiger partial charge in [-0.05, 0) is 18.8 Å². The lowest BCUT2D eigenvalue weighted by molar-refractivity contribution is -0.137. The summed E-state index contributed by atoms with van der Waals surface area (Å²) in [7, 11) is 0. The van der Waals surface area contributed by atoms with E-state index in [4.69, 9.17) is 9.84 Å². The van der Waals surface area contributed by atoms with Crippen molar-refractivity contribution in [3.05, 3.63) is 12.7 Å². The first-order valence-corrected chi connectivity index (χ1v) is 6.39. The van der Waals surface area contributed by atoms with E-state index in [0.29, 0.717) is 0 Å². The summed E-state index contributed by atoms with van der Waals surface area (Å²) in [5.74, 6) is -0.652. The Morgan fingerprint density at radius 1 is 1.39 bits per heavy atom. The molecule has 5 nitrogen and oxygen atoms in total. The quantitative estimate of drug-likeness (QED) is 0.714. The highest BCUT2D eigenvalue weighted by Crippen LogP contribution is 2.27. The Morgan fingerprint density at radius 3 is 2.61 bits per heavy atom. The number of carbonyl (C=O) groups is 2. The maximum Gasteiger partial charge on any atom is 0.407 e. The zero-order valence-electron chi connectivity index (χ0n) is 10.6. The summed E-state index contributed by atoms with van der Waals surface area (Å²) in [6.45, 7) is 3.59. The maximum absolute atomic E-state index is 11.5. The normalized spacial score (nSPS) is 17.8. The van der Waals surface area contributed by atoms with Crippen LogP contribution in [0.15, 0.2) is 12.7 Å². The van der Waals surface area contributed by atoms with Gasteiger partial charge in [0.2, 0.25) is 0 Å². The van der Waals surface area contributed by atoms with Crippen LogP contribution >= 0.6 is 0 Å². The van der Waals surface area contributed by atoms with E-state index in [0.717, 1.165) is 25.7 Å². The number of hydrogen-bond donors (Lipinski definition) is 2. The average molecular weight is 255 g/mol. The summed E-state index contributed by atoms with van der Waals surface area (Å²) in [5, 5.41) is 11.6. The Morgan fingerprint density at radius 2 is 2.06 bits per heavy atom. The minimum absolute atomic E-state index is 0.0478. The summed E-state index contributed by atoms with van der Waals surface area (Å²) in [4.78, 5) is 22.3. The highest BCUT2D eigenvalue weighted by molar-refractivity contribution is 5.71. The Labute approximate surface area is 107 Å². The number of amides is 1. The predicted molar refractivity (Wildman–Crippen MR) is 67.3 cm³/mol. The smallest absolute Gasteiger partial charge is 0.407 e. The maximum atomic E-state index is 11.5. The van der Waals surface area contributed by atoms with Crippen LogP contribution < -0.4 is 5.32 Å². The third-order valence-electron chi connectivity index (χ3n) is 3.25. The Bertz CT molecular complexity index is 297. The fourth-order valence-electron chi connectivity index (χ4n) is 2.39. The molecule has 102 valence electrons. The van der Waals surface area contributed by atoms with E-state index in [-0.39, 0.29) is 25.0 Å². The number of nitrogens with one attached hydrogen (secondary N) is 1. The number of aliphatic carboxylic acids is 1. The van der Waals surface area contributed by atoms with Crippen LogP contribution in [0.1, 0.15) is 38.5 Å². The monoisotopic (exact) mass is 255 g/mol. The van der Waals surface area contributed by atoms with E-state index < -0.39 is 12.1 Å². The topological polar surface area (TPSA) is 75.6 Å². The summed E-state index contributed by atoms with van der Waals surface area (Å²) in [5.41, 5.74) is 0. The fraction of sp³-hybridized carbons (Fsp3) is 0.692. The van der Waals surface area contributed by atoms with Crippen molar-refractivity contribution in [3.8, 4) is 0 Å². The van der Waals surface area contributed by atoms with Gasteiger partial charge in [0.25, 0.3) is 0 Å². The summed E-state index contributed by atoms with van der Waals surface area (Å²) in [6.07, 6.45) is 6.21. The van der Waals surface area contributed by atoms with Crippen LogP contribution in [0.2, 0.25) is 0 Å². The van der Waals surface area contributed by atoms with Crippen LogP contribution in [0.25, 0.3) is 0 Å². The minimum Gasteiger partial charge on any atom is -0.481 e. The molecule has 1 aliphatic rings. The van der Waals surface area contributed by atoms with Gasteiger partial charge in [-0.1, -0.05) is 31.9 Å². The number of carboxylic acids is 1. The van der Waals surface area contributed by atoms with E-state index >= 15 is 0 Å². The van der Waals surface area contributed by atoms with Gasteiger partial charge in [0.1, 0.15) is 6.61 Å². The fourth-order valence-corrected chi connectivity index (χ4v) is 2.39. The number of hydrogen-bond acceptors (Lipinski definition) is 3. The number of carboxylic acid groups (broad SMARTS) is 1. The molecule has 5 heteroatoms. The molecule has 1 fully saturated rings. The molecule has 1 atom stereocenters. The zero-order chi connectivity index (χ0) is 13.4. The van der Waals surface area contributed by atoms with Crippen molar-refractivity contribution in [3.63, 3.8) is 0 Å². The Balaban J connectivity index is 2.50. The second-order valence-corrected chi connectivity index (χ2v) is 4.63. The van der Waals surface area contributed by atoms with Crippen LogP contribution in [0.5, 0.6) is 0 Å². The van der Waals surface area contributed by atoms with Gasteiger partial charge < -0.3 is 15.2 Å². The lowest BCUT2D eigenvalue weighted by atomic mass is 9.83. The molecule has 0 aromatic rings. The van der Waals surface area contributed by atoms with Crippen molar-refractivity contribution in [1.82, 2.24) is 5.32 Å². The standard InChI is InChI=1S/C13H21NO4/c1-2-8-18-13(17)14-11(9-12(15)16)10-6-4-3-5-7-10/h2,10-11H,1,3-9H2,(H,14,17)(H,15,16)/t11-/m0/s1. The van der Waals surface area contributed by atoms with Crippen molar-refractivity contribution in [2.45, 2.75) is 44.6 Å². The average Bonchev–Trinajstić information content (AvgIpc) is 2.36. The van der Waals surface area contributed by atoms with Crippen molar-refractivity contribution in [2.24, 2.45) is 5.92 Å². The van der Waals surface area contributed by atoms with Gasteiger partial charge in [0, 0.05) is 6.04 Å². The van der Waals surface area contributed by atoms with E-state index in [1.165, 1.54) is 12.5 Å². The molecule has 0 saturated heterocycles. The molecule has 0 bridgehead atoms. The summed E-state index contributed by atoms with van der Waals surface area (Å²) >= 11 is 0. The summed E-state index contributed by atoms with van der Waals surface area (Å²) in [6, 6.07) is -0.333. The van der Waals surface area contributed by atoms with Gasteiger partial charge in [0.05, 0.1) is 6.42 Å². The van der Waals surface area contributed by atoms with E-state index in [1.54, 1.807) is 0 Å². The van der Waals surface area contributed by atoms with Gasteiger partial charge in [-0.3, -0.25) is 4.79 Å². The molecule has 1 amide bonds. The third-order valence-corrected chi connectivity index (χ3v) is 3.25. The van der Waals surface area contributed by atoms with Crippen molar-refractivity contribution >= 4 is 12.1 Å². The second-order valence-electron chi connectivity index (χ2n) is 4.63. The van der Waals surface area contributed by atoms with Gasteiger partial charge in [0.15, 0.2) is 0 Å². The van der Waals surface area contributed by atoms with Gasteiger partial charge in [-0.15, -0.1) is 0 Å². The Kier molecular flexibility index (Phi) is 6.25. The van der Waals surface area contributed by atoms with Crippen molar-refractivity contribution in [2.75, 3.05) is 6.61 Å². The second kappa shape index (κ2) is 7.74. The SMILES string of the molecule is C=CCOC(=O)N[C@@H](CC(=O)O)C1CCCCC1. The lowest BCUT2D eigenvalue weighted by Crippen LogP contribution is -2.42. The molecular formula is C13H21NO4. The Hall–Kier alpha value is -1.52. The molecule has 0 unspecified atom stereocenters. The molecule has 18 heavy (non-hydrogen) atoms. The van der Waals surface area contributed by atoms with Crippen molar-refractivity contribution < 1.29 is 19.4 Å². The van der Waals surface area contributed by atoms with Crippen LogP contribution in [0, 0.1) is 5.92 Å². The number of rotatable bonds is 6. The molecule has 0 aromatic heterocycles. The van der Waals surface area contributed by atoms with Gasteiger partial charge in [-0.2, -0.15) is 0 Å². The first-order valence-electron chi connectivity index (χ1n) is 6.39. The molecule has 0 heterocycles. The molecule has 1 saturated carbocycles. The summed E-state index contributed by atoms with van der Waals surface area (Å²) < 4.78 is 4.83. The predicted octanol–water partition coefficient (Wildman–Crippen LogP) is 2.32. The molecule has 0 radical (unpaired) electrons. The highest BCUT2D eigenvalue weighted by atomic mass is 16.5. The van der Waals surface area contributed by atoms with Crippen LogP contribution in [-0.2, 0) is 9.53 Å². The third kappa shape index (κ3) is 5.21. The minimum atomic E-state index is -0.894. The van der Waals surface area contributed by atoms with Gasteiger partial charge >= 0.3 is 12.1 Å². The van der Waals surface area contributed by atoms with Crippen LogP contribution in [0.3, 0.4) is 0 Å².